The molecule has 0 saturated carbocycles. The molecule has 1 fully saturated rings. The molecule has 0 radical (unpaired) electrons. The van der Waals surface area contributed by atoms with Gasteiger partial charge in [-0.2, -0.15) is 11.8 Å². The Kier molecular flexibility index (Phi) is 4.46. The third-order valence-electron chi connectivity index (χ3n) is 2.14. The Hall–Kier alpha value is 0.170. The molecule has 0 aliphatic carbocycles. The quantitative estimate of drug-likeness (QED) is 0.572. The molecule has 1 N–H and O–H groups in total. The van der Waals surface area contributed by atoms with Crippen LogP contribution in [0.3, 0.4) is 0 Å². The molecular weight excluding hydrogens is 202 g/mol. The lowest BCUT2D eigenvalue weighted by molar-refractivity contribution is 0.317. The molecule has 3 atom stereocenters. The summed E-state index contributed by atoms with van der Waals surface area (Å²) in [5.41, 5.74) is 0. The average molecular weight is 219 g/mol. The Labute approximate surface area is 88.7 Å². The van der Waals surface area contributed by atoms with Crippen molar-refractivity contribution < 1.29 is 4.74 Å². The van der Waals surface area contributed by atoms with Crippen LogP contribution in [0.2, 0.25) is 0 Å². The normalized spacial score (nSPS) is 34.2. The summed E-state index contributed by atoms with van der Waals surface area (Å²) in [5, 5.41) is 9.29. The monoisotopic (exact) mass is 219 g/mol. The third kappa shape index (κ3) is 3.09. The molecule has 0 amide bonds. The lowest BCUT2D eigenvalue weighted by Gasteiger charge is -2.30. The van der Waals surface area contributed by atoms with E-state index in [1.807, 2.05) is 30.4 Å². The average Bonchev–Trinajstić information content (AvgIpc) is 2.10. The van der Waals surface area contributed by atoms with Gasteiger partial charge in [-0.05, 0) is 6.92 Å². The summed E-state index contributed by atoms with van der Waals surface area (Å²) >= 11 is 3.82. The van der Waals surface area contributed by atoms with Crippen molar-refractivity contribution in [2.75, 3.05) is 12.4 Å². The second-order valence-corrected chi connectivity index (χ2v) is 6.16. The number of rotatable bonds is 2. The highest BCUT2D eigenvalue weighted by atomic mass is 32.2. The maximum atomic E-state index is 7.68. The van der Waals surface area contributed by atoms with Gasteiger partial charge in [0.15, 0.2) is 5.90 Å². The van der Waals surface area contributed by atoms with Gasteiger partial charge >= 0.3 is 0 Å². The zero-order chi connectivity index (χ0) is 9.84. The van der Waals surface area contributed by atoms with Gasteiger partial charge in [0.25, 0.3) is 0 Å². The van der Waals surface area contributed by atoms with Gasteiger partial charge in [0.05, 0.1) is 11.9 Å². The fraction of sp³-hybridized carbons (Fsp3) is 0.889. The maximum absolute atomic E-state index is 7.68. The van der Waals surface area contributed by atoms with Crippen molar-refractivity contribution in [1.82, 2.24) is 0 Å². The number of ether oxygens (including phenoxy) is 1. The number of hydrogen-bond acceptors (Lipinski definition) is 4. The molecule has 0 aromatic carbocycles. The van der Waals surface area contributed by atoms with E-state index in [2.05, 4.69) is 13.8 Å². The SMILES string of the molecule is CCOC(=N)C1CSC(C)C(C)S1. The van der Waals surface area contributed by atoms with E-state index >= 15 is 0 Å². The van der Waals surface area contributed by atoms with Gasteiger partial charge in [0.1, 0.15) is 0 Å². The van der Waals surface area contributed by atoms with Gasteiger partial charge in [-0.25, -0.2) is 0 Å². The minimum atomic E-state index is 0.274. The molecule has 0 aromatic rings. The fourth-order valence-electron chi connectivity index (χ4n) is 1.17. The van der Waals surface area contributed by atoms with E-state index in [-0.39, 0.29) is 5.25 Å². The van der Waals surface area contributed by atoms with Crippen molar-refractivity contribution >= 4 is 29.4 Å². The Morgan fingerprint density at radius 1 is 1.46 bits per heavy atom. The minimum Gasteiger partial charge on any atom is -0.481 e. The highest BCUT2D eigenvalue weighted by Gasteiger charge is 2.28. The summed E-state index contributed by atoms with van der Waals surface area (Å²) in [5.74, 6) is 1.48. The fourth-order valence-corrected chi connectivity index (χ4v) is 3.98. The van der Waals surface area contributed by atoms with E-state index < -0.39 is 0 Å². The van der Waals surface area contributed by atoms with Crippen molar-refractivity contribution in [2.45, 2.75) is 36.5 Å². The first-order valence-corrected chi connectivity index (χ1v) is 6.62. The molecule has 1 aliphatic heterocycles. The Bertz CT molecular complexity index is 186. The molecule has 0 spiro atoms. The summed E-state index contributed by atoms with van der Waals surface area (Å²) in [6.07, 6.45) is 0. The molecule has 13 heavy (non-hydrogen) atoms. The van der Waals surface area contributed by atoms with Crippen LogP contribution in [0, 0.1) is 5.41 Å². The van der Waals surface area contributed by atoms with Crippen LogP contribution in [-0.4, -0.2) is 34.0 Å². The van der Waals surface area contributed by atoms with Gasteiger partial charge < -0.3 is 4.74 Å². The molecule has 0 bridgehead atoms. The molecule has 1 rings (SSSR count). The summed E-state index contributed by atoms with van der Waals surface area (Å²) in [7, 11) is 0. The van der Waals surface area contributed by atoms with Crippen LogP contribution >= 0.6 is 23.5 Å². The van der Waals surface area contributed by atoms with Gasteiger partial charge in [-0.1, -0.05) is 13.8 Å². The Morgan fingerprint density at radius 2 is 2.15 bits per heavy atom. The predicted molar refractivity (Wildman–Crippen MR) is 62.1 cm³/mol. The second-order valence-electron chi connectivity index (χ2n) is 3.17. The largest absolute Gasteiger partial charge is 0.481 e. The molecule has 76 valence electrons. The van der Waals surface area contributed by atoms with E-state index in [1.165, 1.54) is 0 Å². The van der Waals surface area contributed by atoms with E-state index in [0.717, 1.165) is 5.75 Å². The van der Waals surface area contributed by atoms with Crippen LogP contribution in [-0.2, 0) is 4.74 Å². The topological polar surface area (TPSA) is 33.1 Å². The van der Waals surface area contributed by atoms with Crippen LogP contribution in [0.4, 0.5) is 0 Å². The summed E-state index contributed by atoms with van der Waals surface area (Å²) in [6, 6.07) is 0. The molecule has 3 unspecified atom stereocenters. The highest BCUT2D eigenvalue weighted by Crippen LogP contribution is 2.36. The summed E-state index contributed by atoms with van der Waals surface area (Å²) in [4.78, 5) is 0. The summed E-state index contributed by atoms with van der Waals surface area (Å²) < 4.78 is 5.21. The molecular formula is C9H17NOS2. The van der Waals surface area contributed by atoms with Crippen molar-refractivity contribution in [3.8, 4) is 0 Å². The van der Waals surface area contributed by atoms with Crippen LogP contribution in [0.15, 0.2) is 0 Å². The van der Waals surface area contributed by atoms with E-state index in [0.29, 0.717) is 23.0 Å². The molecule has 1 aliphatic rings. The van der Waals surface area contributed by atoms with Crippen molar-refractivity contribution in [3.05, 3.63) is 0 Å². The van der Waals surface area contributed by atoms with E-state index in [1.54, 1.807) is 0 Å². The lowest BCUT2D eigenvalue weighted by atomic mass is 10.4. The van der Waals surface area contributed by atoms with Crippen molar-refractivity contribution in [1.29, 1.82) is 5.41 Å². The van der Waals surface area contributed by atoms with E-state index in [9.17, 15) is 0 Å². The minimum absolute atomic E-state index is 0.274. The predicted octanol–water partition coefficient (Wildman–Crippen LogP) is 2.63. The first-order chi connectivity index (χ1) is 6.15. The molecule has 1 heterocycles. The zero-order valence-corrected chi connectivity index (χ0v) is 10.0. The van der Waals surface area contributed by atoms with Crippen LogP contribution < -0.4 is 0 Å². The number of hydrogen-bond donors (Lipinski definition) is 1. The smallest absolute Gasteiger partial charge is 0.194 e. The molecule has 4 heteroatoms. The molecule has 0 aromatic heterocycles. The first kappa shape index (κ1) is 11.2. The van der Waals surface area contributed by atoms with Gasteiger partial charge in [0, 0.05) is 16.3 Å². The Morgan fingerprint density at radius 3 is 2.69 bits per heavy atom. The van der Waals surface area contributed by atoms with Gasteiger partial charge in [-0.15, -0.1) is 11.8 Å². The second kappa shape index (κ2) is 5.15. The van der Waals surface area contributed by atoms with Crippen molar-refractivity contribution in [2.24, 2.45) is 0 Å². The van der Waals surface area contributed by atoms with Gasteiger partial charge in [-0.3, -0.25) is 5.41 Å². The van der Waals surface area contributed by atoms with Crippen LogP contribution in [0.25, 0.3) is 0 Å². The highest BCUT2D eigenvalue weighted by molar-refractivity contribution is 8.07. The molecule has 2 nitrogen and oxygen atoms in total. The third-order valence-corrected chi connectivity index (χ3v) is 5.53. The van der Waals surface area contributed by atoms with Crippen molar-refractivity contribution in [3.63, 3.8) is 0 Å². The summed E-state index contributed by atoms with van der Waals surface area (Å²) in [6.45, 7) is 7.03. The van der Waals surface area contributed by atoms with E-state index in [4.69, 9.17) is 10.1 Å². The van der Waals surface area contributed by atoms with Crippen LogP contribution in [0.5, 0.6) is 0 Å². The van der Waals surface area contributed by atoms with Gasteiger partial charge in [0.2, 0.25) is 0 Å². The lowest BCUT2D eigenvalue weighted by Crippen LogP contribution is -2.32. The van der Waals surface area contributed by atoms with Crippen LogP contribution in [0.1, 0.15) is 20.8 Å². The first-order valence-electron chi connectivity index (χ1n) is 4.63. The number of nitrogens with one attached hydrogen (secondary N) is 1. The maximum Gasteiger partial charge on any atom is 0.194 e. The zero-order valence-electron chi connectivity index (χ0n) is 8.37. The number of thioether (sulfide) groups is 2. The Balaban J connectivity index is 2.40. The molecule has 1 saturated heterocycles. The standard InChI is InChI=1S/C9H17NOS2/c1-4-11-9(10)8-5-12-6(2)7(3)13-8/h6-8,10H,4-5H2,1-3H3.